The number of aromatic nitrogens is 1. The largest absolute Gasteiger partial charge is 0.368 e. The SMILES string of the molecule is CC(=O)N[C@@H](Cc1c[nH]c2ccccc12)C(=O)NCC(=O)NCC(N)=O. The standard InChI is InChI=1S/C17H21N5O4/c1-10(23)22-14(17(26)21-9-16(25)20-8-15(18)24)6-11-7-19-13-5-3-2-4-12(11)13/h2-5,7,14,19H,6,8-9H2,1H3,(H2,18,24)(H,20,25)(H,21,26)(H,22,23)/t14-/m0/s1. The van der Waals surface area contributed by atoms with Crippen LogP contribution in [0.15, 0.2) is 30.5 Å². The van der Waals surface area contributed by atoms with E-state index in [1.807, 2.05) is 24.3 Å². The lowest BCUT2D eigenvalue weighted by Gasteiger charge is -2.17. The molecule has 0 fully saturated rings. The molecular formula is C17H21N5O4. The molecule has 0 unspecified atom stereocenters. The summed E-state index contributed by atoms with van der Waals surface area (Å²) in [5, 5.41) is 8.25. The minimum atomic E-state index is -0.837. The van der Waals surface area contributed by atoms with Gasteiger partial charge in [-0.2, -0.15) is 0 Å². The number of primary amides is 1. The van der Waals surface area contributed by atoms with Gasteiger partial charge in [0.05, 0.1) is 13.1 Å². The normalized spacial score (nSPS) is 11.6. The Bertz CT molecular complexity index is 829. The van der Waals surface area contributed by atoms with Crippen LogP contribution in [0.5, 0.6) is 0 Å². The molecule has 2 aromatic rings. The second-order valence-corrected chi connectivity index (χ2v) is 5.78. The molecule has 0 aliphatic heterocycles. The molecule has 2 rings (SSSR count). The lowest BCUT2D eigenvalue weighted by molar-refractivity contribution is -0.130. The first-order chi connectivity index (χ1) is 12.4. The van der Waals surface area contributed by atoms with E-state index >= 15 is 0 Å². The van der Waals surface area contributed by atoms with Crippen molar-refractivity contribution < 1.29 is 19.2 Å². The van der Waals surface area contributed by atoms with Crippen LogP contribution in [0, 0.1) is 0 Å². The maximum Gasteiger partial charge on any atom is 0.243 e. The predicted molar refractivity (Wildman–Crippen MR) is 94.8 cm³/mol. The number of nitrogens with two attached hydrogens (primary N) is 1. The number of benzene rings is 1. The molecule has 1 atom stereocenters. The van der Waals surface area contributed by atoms with E-state index in [4.69, 9.17) is 5.73 Å². The molecule has 6 N–H and O–H groups in total. The number of nitrogens with one attached hydrogen (secondary N) is 4. The zero-order valence-corrected chi connectivity index (χ0v) is 14.3. The van der Waals surface area contributed by atoms with Crippen LogP contribution < -0.4 is 21.7 Å². The maximum atomic E-state index is 12.4. The molecule has 0 saturated carbocycles. The Morgan fingerprint density at radius 3 is 2.54 bits per heavy atom. The van der Waals surface area contributed by atoms with Gasteiger partial charge in [-0.05, 0) is 11.6 Å². The van der Waals surface area contributed by atoms with Crippen LogP contribution in [0.3, 0.4) is 0 Å². The number of carbonyl (C=O) groups is 4. The van der Waals surface area contributed by atoms with Gasteiger partial charge in [-0.25, -0.2) is 0 Å². The Morgan fingerprint density at radius 1 is 1.12 bits per heavy atom. The van der Waals surface area contributed by atoms with Crippen LogP contribution in [0.4, 0.5) is 0 Å². The van der Waals surface area contributed by atoms with Crippen molar-refractivity contribution in [3.63, 3.8) is 0 Å². The van der Waals surface area contributed by atoms with Crippen molar-refractivity contribution in [3.8, 4) is 0 Å². The number of hydrogen-bond acceptors (Lipinski definition) is 4. The topological polar surface area (TPSA) is 146 Å². The second kappa shape index (κ2) is 8.65. The van der Waals surface area contributed by atoms with Gasteiger partial charge in [0.25, 0.3) is 0 Å². The monoisotopic (exact) mass is 359 g/mol. The summed E-state index contributed by atoms with van der Waals surface area (Å²) in [7, 11) is 0. The van der Waals surface area contributed by atoms with Gasteiger partial charge < -0.3 is 26.7 Å². The number of carbonyl (C=O) groups excluding carboxylic acids is 4. The molecule has 0 aliphatic rings. The minimum absolute atomic E-state index is 0.262. The molecule has 4 amide bonds. The Labute approximate surface area is 149 Å². The highest BCUT2D eigenvalue weighted by Gasteiger charge is 2.21. The Kier molecular flexibility index (Phi) is 6.31. The van der Waals surface area contributed by atoms with Gasteiger partial charge in [-0.1, -0.05) is 18.2 Å². The van der Waals surface area contributed by atoms with Crippen molar-refractivity contribution in [2.75, 3.05) is 13.1 Å². The molecular weight excluding hydrogens is 338 g/mol. The van der Waals surface area contributed by atoms with Crippen molar-refractivity contribution >= 4 is 34.5 Å². The lowest BCUT2D eigenvalue weighted by Crippen LogP contribution is -2.50. The van der Waals surface area contributed by atoms with Gasteiger partial charge in [-0.15, -0.1) is 0 Å². The predicted octanol–water partition coefficient (Wildman–Crippen LogP) is -1.07. The van der Waals surface area contributed by atoms with Crippen LogP contribution >= 0.6 is 0 Å². The molecule has 0 bridgehead atoms. The van der Waals surface area contributed by atoms with Gasteiger partial charge in [-0.3, -0.25) is 19.2 Å². The number of rotatable bonds is 8. The molecule has 9 nitrogen and oxygen atoms in total. The molecule has 1 aromatic heterocycles. The van der Waals surface area contributed by atoms with Crippen molar-refractivity contribution in [1.82, 2.24) is 20.9 Å². The van der Waals surface area contributed by atoms with Gasteiger partial charge in [0.1, 0.15) is 6.04 Å². The van der Waals surface area contributed by atoms with E-state index in [1.54, 1.807) is 6.20 Å². The Morgan fingerprint density at radius 2 is 1.85 bits per heavy atom. The van der Waals surface area contributed by atoms with Crippen LogP contribution in [0.25, 0.3) is 10.9 Å². The summed E-state index contributed by atoms with van der Waals surface area (Å²) >= 11 is 0. The number of fused-ring (bicyclic) bond motifs is 1. The van der Waals surface area contributed by atoms with E-state index < -0.39 is 23.8 Å². The average molecular weight is 359 g/mol. The maximum absolute atomic E-state index is 12.4. The van der Waals surface area contributed by atoms with Gasteiger partial charge in [0.2, 0.25) is 23.6 Å². The average Bonchev–Trinajstić information content (AvgIpc) is 3.00. The van der Waals surface area contributed by atoms with Crippen molar-refractivity contribution in [1.29, 1.82) is 0 Å². The second-order valence-electron chi connectivity index (χ2n) is 5.78. The first-order valence-corrected chi connectivity index (χ1v) is 8.01. The van der Waals surface area contributed by atoms with Gasteiger partial charge >= 0.3 is 0 Å². The third-order valence-corrected chi connectivity index (χ3v) is 3.68. The van der Waals surface area contributed by atoms with Gasteiger partial charge in [0.15, 0.2) is 0 Å². The number of H-pyrrole nitrogens is 1. The fourth-order valence-electron chi connectivity index (χ4n) is 2.51. The molecule has 0 saturated heterocycles. The molecule has 26 heavy (non-hydrogen) atoms. The van der Waals surface area contributed by atoms with Crippen molar-refractivity contribution in [2.24, 2.45) is 5.73 Å². The first-order valence-electron chi connectivity index (χ1n) is 8.01. The van der Waals surface area contributed by atoms with Crippen LogP contribution in [0.1, 0.15) is 12.5 Å². The van der Waals surface area contributed by atoms with E-state index in [-0.39, 0.29) is 25.4 Å². The molecule has 1 heterocycles. The highest BCUT2D eigenvalue weighted by Crippen LogP contribution is 2.19. The summed E-state index contributed by atoms with van der Waals surface area (Å²) in [5.41, 5.74) is 6.72. The minimum Gasteiger partial charge on any atom is -0.368 e. The van der Waals surface area contributed by atoms with E-state index in [9.17, 15) is 19.2 Å². The number of aromatic amines is 1. The van der Waals surface area contributed by atoms with Gasteiger partial charge in [0, 0.05) is 30.4 Å². The van der Waals surface area contributed by atoms with E-state index in [1.165, 1.54) is 6.92 Å². The molecule has 1 aromatic carbocycles. The Hall–Kier alpha value is -3.36. The fraction of sp³-hybridized carbons (Fsp3) is 0.294. The third kappa shape index (κ3) is 5.33. The number of para-hydroxylation sites is 1. The highest BCUT2D eigenvalue weighted by molar-refractivity contribution is 5.92. The first kappa shape index (κ1) is 19.0. The van der Waals surface area contributed by atoms with E-state index in [2.05, 4.69) is 20.9 Å². The van der Waals surface area contributed by atoms with E-state index in [0.717, 1.165) is 16.5 Å². The summed E-state index contributed by atoms with van der Waals surface area (Å²) in [5.74, 6) is -2.09. The lowest BCUT2D eigenvalue weighted by atomic mass is 10.0. The summed E-state index contributed by atoms with van der Waals surface area (Å²) in [6, 6.07) is 6.77. The van der Waals surface area contributed by atoms with Crippen molar-refractivity contribution in [3.05, 3.63) is 36.0 Å². The molecule has 9 heteroatoms. The summed E-state index contributed by atoms with van der Waals surface area (Å²) in [4.78, 5) is 49.1. The zero-order chi connectivity index (χ0) is 19.1. The number of hydrogen-bond donors (Lipinski definition) is 5. The van der Waals surface area contributed by atoms with E-state index in [0.29, 0.717) is 0 Å². The summed E-state index contributed by atoms with van der Waals surface area (Å²) in [6.07, 6.45) is 2.05. The summed E-state index contributed by atoms with van der Waals surface area (Å²) in [6.45, 7) is 0.685. The number of amides is 4. The third-order valence-electron chi connectivity index (χ3n) is 3.68. The quantitative estimate of drug-likeness (QED) is 0.408. The highest BCUT2D eigenvalue weighted by atomic mass is 16.2. The molecule has 0 radical (unpaired) electrons. The van der Waals surface area contributed by atoms with Crippen molar-refractivity contribution in [2.45, 2.75) is 19.4 Å². The fourth-order valence-corrected chi connectivity index (χ4v) is 2.51. The van der Waals surface area contributed by atoms with Crippen LogP contribution in [-0.2, 0) is 25.6 Å². The zero-order valence-electron chi connectivity index (χ0n) is 14.3. The van der Waals surface area contributed by atoms with Crippen LogP contribution in [-0.4, -0.2) is 47.7 Å². The molecule has 0 aliphatic carbocycles. The smallest absolute Gasteiger partial charge is 0.243 e. The summed E-state index contributed by atoms with van der Waals surface area (Å²) < 4.78 is 0. The molecule has 138 valence electrons. The Balaban J connectivity index is 2.02. The van der Waals surface area contributed by atoms with Crippen LogP contribution in [0.2, 0.25) is 0 Å². The molecule has 0 spiro atoms.